The molecular weight excluding hydrogens is 637 g/mol. The first-order chi connectivity index (χ1) is 25.8. The summed E-state index contributed by atoms with van der Waals surface area (Å²) >= 11 is 0. The smallest absolute Gasteiger partial charge is 0.164 e. The first kappa shape index (κ1) is 29.8. The highest BCUT2D eigenvalue weighted by atomic mass is 16.3. The van der Waals surface area contributed by atoms with E-state index in [1.165, 1.54) is 5.39 Å². The Morgan fingerprint density at radius 2 is 0.904 bits per heavy atom. The van der Waals surface area contributed by atoms with Gasteiger partial charge in [0.1, 0.15) is 5.58 Å². The second kappa shape index (κ2) is 12.3. The predicted molar refractivity (Wildman–Crippen MR) is 213 cm³/mol. The number of aromatic nitrogens is 3. The third-order valence-corrected chi connectivity index (χ3v) is 9.64. The lowest BCUT2D eigenvalue weighted by molar-refractivity contribution is 0.669. The fraction of sp³-hybridized carbons (Fsp3) is 0. The predicted octanol–water partition coefficient (Wildman–Crippen LogP) is 12.5. The van der Waals surface area contributed by atoms with E-state index in [1.54, 1.807) is 0 Å². The van der Waals surface area contributed by atoms with Gasteiger partial charge in [0.25, 0.3) is 0 Å². The third-order valence-electron chi connectivity index (χ3n) is 9.64. The molecule has 8 aromatic carbocycles. The Morgan fingerprint density at radius 3 is 1.60 bits per heavy atom. The lowest BCUT2D eigenvalue weighted by Crippen LogP contribution is -2.10. The van der Waals surface area contributed by atoms with Crippen LogP contribution in [0, 0.1) is 0 Å². The summed E-state index contributed by atoms with van der Waals surface area (Å²) in [5, 5.41) is 6.56. The minimum atomic E-state index is 0.601. The Labute approximate surface area is 300 Å². The number of para-hydroxylation sites is 2. The number of benzene rings is 8. The van der Waals surface area contributed by atoms with Crippen LogP contribution in [0.3, 0.4) is 0 Å². The lowest BCUT2D eigenvalue weighted by atomic mass is 10.0. The summed E-state index contributed by atoms with van der Waals surface area (Å²) in [6, 6.07) is 62.7. The highest BCUT2D eigenvalue weighted by Gasteiger charge is 2.23. The summed E-state index contributed by atoms with van der Waals surface area (Å²) < 4.78 is 6.84. The van der Waals surface area contributed by atoms with Crippen LogP contribution >= 0.6 is 0 Å². The molecule has 0 unspecified atom stereocenters. The fourth-order valence-corrected chi connectivity index (χ4v) is 7.15. The van der Waals surface area contributed by atoms with Crippen LogP contribution in [-0.2, 0) is 0 Å². The average Bonchev–Trinajstić information content (AvgIpc) is 3.59. The molecule has 5 heteroatoms. The Kier molecular flexibility index (Phi) is 7.07. The molecule has 244 valence electrons. The first-order valence-corrected chi connectivity index (χ1v) is 17.4. The van der Waals surface area contributed by atoms with Crippen LogP contribution in [0.15, 0.2) is 186 Å². The summed E-state index contributed by atoms with van der Waals surface area (Å²) in [5.41, 5.74) is 7.45. The molecule has 10 aromatic rings. The molecule has 0 atom stereocenters. The molecular formula is C47H30N4O. The maximum Gasteiger partial charge on any atom is 0.164 e. The molecule has 0 amide bonds. The summed E-state index contributed by atoms with van der Waals surface area (Å²) in [6.07, 6.45) is 0. The van der Waals surface area contributed by atoms with Crippen molar-refractivity contribution in [2.45, 2.75) is 0 Å². The summed E-state index contributed by atoms with van der Waals surface area (Å²) in [5.74, 6) is 1.85. The number of rotatable bonds is 6. The standard InChI is InChI=1S/C47H30N4O/c1-4-15-32(16-5-1)45-48-46(35-25-24-31-14-10-11-17-33(31)28-35)50-47(49-45)36-26-27-42-40(30-36)41-29-34-18-12-13-23-39(34)43(44(41)52-42)51(37-19-6-2-7-20-37)38-21-8-3-9-22-38/h1-30H. The minimum absolute atomic E-state index is 0.601. The third kappa shape index (κ3) is 5.15. The van der Waals surface area contributed by atoms with Crippen molar-refractivity contribution < 1.29 is 4.42 Å². The van der Waals surface area contributed by atoms with Crippen LogP contribution in [0.25, 0.3) is 77.6 Å². The van der Waals surface area contributed by atoms with Crippen LogP contribution in [0.2, 0.25) is 0 Å². The van der Waals surface area contributed by atoms with Crippen molar-refractivity contribution in [3.63, 3.8) is 0 Å². The normalized spacial score (nSPS) is 11.5. The second-order valence-corrected chi connectivity index (χ2v) is 12.9. The molecule has 5 nitrogen and oxygen atoms in total. The van der Waals surface area contributed by atoms with Gasteiger partial charge in [0.15, 0.2) is 23.1 Å². The van der Waals surface area contributed by atoms with Gasteiger partial charge in [-0.3, -0.25) is 0 Å². The van der Waals surface area contributed by atoms with Crippen molar-refractivity contribution >= 4 is 60.5 Å². The number of hydrogen-bond donors (Lipinski definition) is 0. The largest absolute Gasteiger partial charge is 0.454 e. The van der Waals surface area contributed by atoms with Crippen LogP contribution in [-0.4, -0.2) is 15.0 Å². The Morgan fingerprint density at radius 1 is 0.365 bits per heavy atom. The maximum atomic E-state index is 6.84. The van der Waals surface area contributed by atoms with E-state index in [0.29, 0.717) is 17.5 Å². The first-order valence-electron chi connectivity index (χ1n) is 17.4. The van der Waals surface area contributed by atoms with Crippen molar-refractivity contribution in [1.82, 2.24) is 15.0 Å². The molecule has 0 aliphatic carbocycles. The van der Waals surface area contributed by atoms with Crippen molar-refractivity contribution in [3.05, 3.63) is 182 Å². The minimum Gasteiger partial charge on any atom is -0.454 e. The number of hydrogen-bond acceptors (Lipinski definition) is 5. The fourth-order valence-electron chi connectivity index (χ4n) is 7.15. The molecule has 0 N–H and O–H groups in total. The molecule has 0 aliphatic heterocycles. The highest BCUT2D eigenvalue weighted by molar-refractivity contribution is 6.19. The quantitative estimate of drug-likeness (QED) is 0.177. The molecule has 0 bridgehead atoms. The summed E-state index contributed by atoms with van der Waals surface area (Å²) in [7, 11) is 0. The molecule has 0 radical (unpaired) electrons. The molecule has 10 rings (SSSR count). The van der Waals surface area contributed by atoms with Gasteiger partial charge in [-0.15, -0.1) is 0 Å². The number of furan rings is 1. The van der Waals surface area contributed by atoms with E-state index < -0.39 is 0 Å². The Bertz CT molecular complexity index is 2860. The molecule has 52 heavy (non-hydrogen) atoms. The van der Waals surface area contributed by atoms with Crippen LogP contribution in [0.4, 0.5) is 17.1 Å². The van der Waals surface area contributed by atoms with Gasteiger partial charge in [0.05, 0.1) is 5.69 Å². The van der Waals surface area contributed by atoms with Crippen molar-refractivity contribution in [3.8, 4) is 34.2 Å². The van der Waals surface area contributed by atoms with Gasteiger partial charge in [-0.1, -0.05) is 127 Å². The van der Waals surface area contributed by atoms with Gasteiger partial charge in [-0.05, 0) is 70.8 Å². The van der Waals surface area contributed by atoms with E-state index in [2.05, 4.69) is 132 Å². The van der Waals surface area contributed by atoms with Crippen LogP contribution in [0.5, 0.6) is 0 Å². The Balaban J connectivity index is 1.20. The molecule has 2 heterocycles. The van der Waals surface area contributed by atoms with Gasteiger partial charge < -0.3 is 9.32 Å². The molecule has 0 saturated heterocycles. The van der Waals surface area contributed by atoms with E-state index in [9.17, 15) is 0 Å². The number of nitrogens with zero attached hydrogens (tertiary/aromatic N) is 4. The monoisotopic (exact) mass is 666 g/mol. The second-order valence-electron chi connectivity index (χ2n) is 12.9. The number of anilines is 3. The summed E-state index contributed by atoms with van der Waals surface area (Å²) in [6.45, 7) is 0. The van der Waals surface area contributed by atoms with Crippen LogP contribution in [0.1, 0.15) is 0 Å². The zero-order valence-electron chi connectivity index (χ0n) is 28.0. The molecule has 0 fully saturated rings. The summed E-state index contributed by atoms with van der Waals surface area (Å²) in [4.78, 5) is 17.4. The zero-order chi connectivity index (χ0) is 34.4. The zero-order valence-corrected chi connectivity index (χ0v) is 28.0. The van der Waals surface area contributed by atoms with Gasteiger partial charge in [-0.2, -0.15) is 0 Å². The maximum absolute atomic E-state index is 6.84. The molecule has 0 spiro atoms. The Hall–Kier alpha value is -7.11. The molecule has 2 aromatic heterocycles. The number of fused-ring (bicyclic) bond motifs is 5. The van der Waals surface area contributed by atoms with E-state index >= 15 is 0 Å². The van der Waals surface area contributed by atoms with Gasteiger partial charge in [0.2, 0.25) is 0 Å². The average molecular weight is 667 g/mol. The van der Waals surface area contributed by atoms with Crippen molar-refractivity contribution in [2.75, 3.05) is 4.90 Å². The van der Waals surface area contributed by atoms with Gasteiger partial charge >= 0.3 is 0 Å². The molecule has 0 saturated carbocycles. The highest BCUT2D eigenvalue weighted by Crippen LogP contribution is 2.46. The van der Waals surface area contributed by atoms with Gasteiger partial charge in [0, 0.05) is 44.2 Å². The van der Waals surface area contributed by atoms with Crippen molar-refractivity contribution in [2.24, 2.45) is 0 Å². The lowest BCUT2D eigenvalue weighted by Gasteiger charge is -2.26. The molecule has 0 aliphatic rings. The van der Waals surface area contributed by atoms with E-state index in [1.807, 2.05) is 54.6 Å². The van der Waals surface area contributed by atoms with Crippen molar-refractivity contribution in [1.29, 1.82) is 0 Å². The van der Waals surface area contributed by atoms with Crippen LogP contribution < -0.4 is 4.90 Å². The SMILES string of the molecule is c1ccc(-c2nc(-c3ccc4ccccc4c3)nc(-c3ccc4oc5c(N(c6ccccc6)c6ccccc6)c6ccccc6cc5c4c3)n2)cc1. The van der Waals surface area contributed by atoms with Gasteiger partial charge in [-0.25, -0.2) is 15.0 Å². The topological polar surface area (TPSA) is 55.1 Å². The van der Waals surface area contributed by atoms with E-state index in [4.69, 9.17) is 19.4 Å². The van der Waals surface area contributed by atoms with E-state index in [-0.39, 0.29) is 0 Å². The van der Waals surface area contributed by atoms with E-state index in [0.717, 1.165) is 71.8 Å².